The van der Waals surface area contributed by atoms with Crippen LogP contribution in [0.5, 0.6) is 0 Å². The van der Waals surface area contributed by atoms with Crippen LogP contribution in [0.2, 0.25) is 0 Å². The first-order valence-corrected chi connectivity index (χ1v) is 7.55. The van der Waals surface area contributed by atoms with E-state index in [1.807, 2.05) is 26.8 Å². The van der Waals surface area contributed by atoms with E-state index in [2.05, 4.69) is 21.2 Å². The number of hydrogen-bond donors (Lipinski definition) is 1. The Labute approximate surface area is 128 Å². The van der Waals surface area contributed by atoms with Gasteiger partial charge in [-0.25, -0.2) is 0 Å². The van der Waals surface area contributed by atoms with Crippen LogP contribution in [0.15, 0.2) is 22.7 Å². The molecule has 0 spiro atoms. The molecule has 1 aromatic carbocycles. The highest BCUT2D eigenvalue weighted by atomic mass is 79.9. The minimum atomic E-state index is -0.525. The van der Waals surface area contributed by atoms with Crippen LogP contribution in [-0.2, 0) is 4.79 Å². The summed E-state index contributed by atoms with van der Waals surface area (Å²) in [6.45, 7) is 8.80. The van der Waals surface area contributed by atoms with Crippen molar-refractivity contribution in [3.05, 3.63) is 33.8 Å². The Kier molecular flexibility index (Phi) is 6.20. The smallest absolute Gasteiger partial charge is 0.251 e. The Hall–Kier alpha value is -1.36. The predicted octanol–water partition coefficient (Wildman–Crippen LogP) is 2.74. The van der Waals surface area contributed by atoms with Crippen LogP contribution in [0.1, 0.15) is 36.7 Å². The van der Waals surface area contributed by atoms with Crippen molar-refractivity contribution in [1.82, 2.24) is 10.2 Å². The summed E-state index contributed by atoms with van der Waals surface area (Å²) in [6.07, 6.45) is 0. The number of hydrogen-bond acceptors (Lipinski definition) is 2. The molecule has 20 heavy (non-hydrogen) atoms. The predicted molar refractivity (Wildman–Crippen MR) is 83.7 cm³/mol. The first-order chi connectivity index (χ1) is 9.40. The van der Waals surface area contributed by atoms with E-state index in [-0.39, 0.29) is 11.8 Å². The highest BCUT2D eigenvalue weighted by Gasteiger charge is 2.20. The molecule has 0 fully saturated rings. The lowest BCUT2D eigenvalue weighted by molar-refractivity contribution is -0.132. The minimum Gasteiger partial charge on any atom is -0.341 e. The van der Waals surface area contributed by atoms with E-state index in [9.17, 15) is 9.59 Å². The van der Waals surface area contributed by atoms with Crippen molar-refractivity contribution in [3.63, 3.8) is 0 Å². The van der Waals surface area contributed by atoms with Gasteiger partial charge in [-0.05, 0) is 45.4 Å². The molecule has 0 aliphatic heterocycles. The van der Waals surface area contributed by atoms with Crippen LogP contribution in [-0.4, -0.2) is 35.8 Å². The van der Waals surface area contributed by atoms with Crippen molar-refractivity contribution < 1.29 is 9.59 Å². The van der Waals surface area contributed by atoms with E-state index in [1.54, 1.807) is 24.0 Å². The zero-order chi connectivity index (χ0) is 15.3. The van der Waals surface area contributed by atoms with Crippen molar-refractivity contribution in [3.8, 4) is 0 Å². The topological polar surface area (TPSA) is 49.4 Å². The van der Waals surface area contributed by atoms with Crippen molar-refractivity contribution in [2.24, 2.45) is 0 Å². The molecule has 5 heteroatoms. The summed E-state index contributed by atoms with van der Waals surface area (Å²) in [5, 5.41) is 2.74. The van der Waals surface area contributed by atoms with Gasteiger partial charge >= 0.3 is 0 Å². The molecule has 4 nitrogen and oxygen atoms in total. The third-order valence-corrected chi connectivity index (χ3v) is 4.08. The summed E-state index contributed by atoms with van der Waals surface area (Å²) in [7, 11) is 0. The maximum absolute atomic E-state index is 12.1. The third-order valence-electron chi connectivity index (χ3n) is 3.23. The number of nitrogens with one attached hydrogen (secondary N) is 1. The number of aryl methyl sites for hydroxylation is 1. The summed E-state index contributed by atoms with van der Waals surface area (Å²) in [5.41, 5.74) is 1.61. The van der Waals surface area contributed by atoms with Crippen LogP contribution >= 0.6 is 15.9 Å². The lowest BCUT2D eigenvalue weighted by Crippen LogP contribution is -2.46. The quantitative estimate of drug-likeness (QED) is 0.895. The van der Waals surface area contributed by atoms with Gasteiger partial charge in [-0.1, -0.05) is 22.0 Å². The zero-order valence-corrected chi connectivity index (χ0v) is 14.0. The maximum Gasteiger partial charge on any atom is 0.251 e. The summed E-state index contributed by atoms with van der Waals surface area (Å²) in [4.78, 5) is 25.9. The molecule has 1 unspecified atom stereocenters. The van der Waals surface area contributed by atoms with Gasteiger partial charge < -0.3 is 10.2 Å². The average molecular weight is 341 g/mol. The fourth-order valence-electron chi connectivity index (χ4n) is 1.88. The molecule has 0 bridgehead atoms. The highest BCUT2D eigenvalue weighted by molar-refractivity contribution is 9.10. The van der Waals surface area contributed by atoms with Crippen molar-refractivity contribution in [2.75, 3.05) is 13.1 Å². The maximum atomic E-state index is 12.1. The standard InChI is InChI=1S/C15H21BrN2O2/c1-5-18(6-2)15(20)11(4)17-14(19)12-8-7-10(3)13(16)9-12/h7-9,11H,5-6H2,1-4H3,(H,17,19). The van der Waals surface area contributed by atoms with Gasteiger partial charge in [-0.2, -0.15) is 0 Å². The molecule has 0 heterocycles. The second-order valence-electron chi connectivity index (χ2n) is 4.67. The molecule has 0 aliphatic rings. The minimum absolute atomic E-state index is 0.0606. The van der Waals surface area contributed by atoms with Gasteiger partial charge in [-0.3, -0.25) is 9.59 Å². The fourth-order valence-corrected chi connectivity index (χ4v) is 2.26. The Morgan fingerprint density at radius 2 is 1.90 bits per heavy atom. The van der Waals surface area contributed by atoms with E-state index in [4.69, 9.17) is 0 Å². The number of rotatable bonds is 5. The molecule has 0 aliphatic carbocycles. The van der Waals surface area contributed by atoms with Crippen LogP contribution in [0, 0.1) is 6.92 Å². The molecular weight excluding hydrogens is 320 g/mol. The molecule has 1 rings (SSSR count). The van der Waals surface area contributed by atoms with Gasteiger partial charge in [0, 0.05) is 23.1 Å². The number of carbonyl (C=O) groups is 2. The van der Waals surface area contributed by atoms with Crippen molar-refractivity contribution >= 4 is 27.7 Å². The van der Waals surface area contributed by atoms with Gasteiger partial charge in [-0.15, -0.1) is 0 Å². The Morgan fingerprint density at radius 3 is 2.40 bits per heavy atom. The first kappa shape index (κ1) is 16.7. The molecule has 1 N–H and O–H groups in total. The molecule has 0 saturated heterocycles. The Balaban J connectivity index is 2.74. The molecule has 0 saturated carbocycles. The van der Waals surface area contributed by atoms with Crippen molar-refractivity contribution in [1.29, 1.82) is 0 Å². The van der Waals surface area contributed by atoms with Crippen LogP contribution < -0.4 is 5.32 Å². The Bertz CT molecular complexity index is 499. The summed E-state index contributed by atoms with van der Waals surface area (Å²) in [6, 6.07) is 4.86. The largest absolute Gasteiger partial charge is 0.341 e. The number of benzene rings is 1. The number of halogens is 1. The van der Waals surface area contributed by atoms with E-state index >= 15 is 0 Å². The average Bonchev–Trinajstić information content (AvgIpc) is 2.42. The molecule has 110 valence electrons. The second-order valence-corrected chi connectivity index (χ2v) is 5.52. The molecule has 0 radical (unpaired) electrons. The number of likely N-dealkylation sites (N-methyl/N-ethyl adjacent to an activating group) is 1. The van der Waals surface area contributed by atoms with Gasteiger partial charge in [0.2, 0.25) is 5.91 Å². The molecule has 2 amide bonds. The monoisotopic (exact) mass is 340 g/mol. The van der Waals surface area contributed by atoms with E-state index in [0.29, 0.717) is 18.7 Å². The molecule has 1 aromatic rings. The molecular formula is C15H21BrN2O2. The fraction of sp³-hybridized carbons (Fsp3) is 0.467. The number of amides is 2. The van der Waals surface area contributed by atoms with Crippen LogP contribution in [0.3, 0.4) is 0 Å². The Morgan fingerprint density at radius 1 is 1.30 bits per heavy atom. The van der Waals surface area contributed by atoms with E-state index in [1.165, 1.54) is 0 Å². The lowest BCUT2D eigenvalue weighted by Gasteiger charge is -2.23. The van der Waals surface area contributed by atoms with Crippen LogP contribution in [0.4, 0.5) is 0 Å². The van der Waals surface area contributed by atoms with Crippen molar-refractivity contribution in [2.45, 2.75) is 33.7 Å². The summed E-state index contributed by atoms with van der Waals surface area (Å²) < 4.78 is 0.882. The highest BCUT2D eigenvalue weighted by Crippen LogP contribution is 2.17. The van der Waals surface area contributed by atoms with E-state index in [0.717, 1.165) is 10.0 Å². The van der Waals surface area contributed by atoms with Gasteiger partial charge in [0.15, 0.2) is 0 Å². The van der Waals surface area contributed by atoms with Crippen LogP contribution in [0.25, 0.3) is 0 Å². The van der Waals surface area contributed by atoms with Gasteiger partial charge in [0.1, 0.15) is 6.04 Å². The molecule has 0 aromatic heterocycles. The third kappa shape index (κ3) is 4.07. The second kappa shape index (κ2) is 7.43. The zero-order valence-electron chi connectivity index (χ0n) is 12.4. The lowest BCUT2D eigenvalue weighted by atomic mass is 10.1. The number of carbonyl (C=O) groups excluding carboxylic acids is 2. The summed E-state index contributed by atoms with van der Waals surface area (Å²) >= 11 is 3.40. The summed E-state index contributed by atoms with van der Waals surface area (Å²) in [5.74, 6) is -0.298. The first-order valence-electron chi connectivity index (χ1n) is 6.76. The SMILES string of the molecule is CCN(CC)C(=O)C(C)NC(=O)c1ccc(C)c(Br)c1. The van der Waals surface area contributed by atoms with Gasteiger partial charge in [0.25, 0.3) is 5.91 Å². The molecule has 1 atom stereocenters. The van der Waals surface area contributed by atoms with Gasteiger partial charge in [0.05, 0.1) is 0 Å². The van der Waals surface area contributed by atoms with E-state index < -0.39 is 6.04 Å². The normalized spacial score (nSPS) is 11.8. The number of nitrogens with zero attached hydrogens (tertiary/aromatic N) is 1.